The summed E-state index contributed by atoms with van der Waals surface area (Å²) in [6, 6.07) is 13.4. The number of carboxylic acids is 1. The van der Waals surface area contributed by atoms with E-state index in [1.54, 1.807) is 12.1 Å². The van der Waals surface area contributed by atoms with E-state index in [4.69, 9.17) is 0 Å². The van der Waals surface area contributed by atoms with Crippen molar-refractivity contribution < 1.29 is 9.90 Å². The zero-order valence-electron chi connectivity index (χ0n) is 8.85. The fraction of sp³-hybridized carbons (Fsp3) is 0.0714. The first-order chi connectivity index (χ1) is 8.20. The number of hydrogen-bond acceptors (Lipinski definition) is 1. The van der Waals surface area contributed by atoms with E-state index in [0.29, 0.717) is 5.56 Å². The van der Waals surface area contributed by atoms with Crippen LogP contribution in [0.1, 0.15) is 26.3 Å². The Morgan fingerprint density at radius 1 is 1.06 bits per heavy atom. The van der Waals surface area contributed by atoms with Crippen LogP contribution in [0.3, 0.4) is 0 Å². The molecule has 3 rings (SSSR count). The maximum absolute atomic E-state index is 11.2. The minimum Gasteiger partial charge on any atom is -0.478 e. The number of carbonyl (C=O) groups is 1. The Kier molecular flexibility index (Phi) is 2.30. The van der Waals surface area contributed by atoms with E-state index < -0.39 is 5.97 Å². The summed E-state index contributed by atoms with van der Waals surface area (Å²) in [6.07, 6.45) is 0. The van der Waals surface area contributed by atoms with Crippen LogP contribution in [0.4, 0.5) is 0 Å². The van der Waals surface area contributed by atoms with Crippen molar-refractivity contribution in [1.29, 1.82) is 0 Å². The number of rotatable bonds is 1. The van der Waals surface area contributed by atoms with E-state index in [1.807, 2.05) is 30.3 Å². The molecule has 1 aliphatic rings. The minimum absolute atomic E-state index is 0.0269. The van der Waals surface area contributed by atoms with Gasteiger partial charge in [0.2, 0.25) is 0 Å². The van der Waals surface area contributed by atoms with E-state index in [-0.39, 0.29) is 4.83 Å². The van der Waals surface area contributed by atoms with E-state index in [0.717, 1.165) is 22.3 Å². The van der Waals surface area contributed by atoms with Gasteiger partial charge in [0.1, 0.15) is 0 Å². The van der Waals surface area contributed by atoms with Crippen LogP contribution in [0.25, 0.3) is 11.1 Å². The number of carboxylic acid groups (broad SMARTS) is 1. The maximum atomic E-state index is 11.2. The maximum Gasteiger partial charge on any atom is 0.336 e. The molecule has 1 unspecified atom stereocenters. The lowest BCUT2D eigenvalue weighted by molar-refractivity contribution is 0.0696. The van der Waals surface area contributed by atoms with Crippen LogP contribution in [0, 0.1) is 0 Å². The molecule has 84 valence electrons. The zero-order chi connectivity index (χ0) is 12.0. The van der Waals surface area contributed by atoms with Crippen LogP contribution in [0.5, 0.6) is 0 Å². The molecule has 0 spiro atoms. The molecule has 2 aromatic rings. The Balaban J connectivity index is 2.34. The molecule has 17 heavy (non-hydrogen) atoms. The Morgan fingerprint density at radius 3 is 2.53 bits per heavy atom. The quantitative estimate of drug-likeness (QED) is 0.810. The molecular weight excluding hydrogens is 280 g/mol. The van der Waals surface area contributed by atoms with Gasteiger partial charge in [-0.25, -0.2) is 4.79 Å². The van der Waals surface area contributed by atoms with Crippen LogP contribution in [-0.2, 0) is 0 Å². The summed E-state index contributed by atoms with van der Waals surface area (Å²) in [7, 11) is 0. The first-order valence-electron chi connectivity index (χ1n) is 5.29. The van der Waals surface area contributed by atoms with Gasteiger partial charge in [-0.3, -0.25) is 0 Å². The number of hydrogen-bond donors (Lipinski definition) is 1. The second-order valence-corrected chi connectivity index (χ2v) is 4.94. The summed E-state index contributed by atoms with van der Waals surface area (Å²) in [5, 5.41) is 9.22. The van der Waals surface area contributed by atoms with Crippen molar-refractivity contribution in [3.63, 3.8) is 0 Å². The van der Waals surface area contributed by atoms with Gasteiger partial charge in [-0.15, -0.1) is 0 Å². The fourth-order valence-electron chi connectivity index (χ4n) is 2.38. The van der Waals surface area contributed by atoms with Crippen LogP contribution in [-0.4, -0.2) is 11.1 Å². The highest BCUT2D eigenvalue weighted by Gasteiger charge is 2.30. The van der Waals surface area contributed by atoms with Gasteiger partial charge in [0.25, 0.3) is 0 Å². The van der Waals surface area contributed by atoms with Gasteiger partial charge in [-0.2, -0.15) is 0 Å². The Bertz CT molecular complexity index is 619. The van der Waals surface area contributed by atoms with Gasteiger partial charge in [0, 0.05) is 0 Å². The van der Waals surface area contributed by atoms with Crippen molar-refractivity contribution in [2.24, 2.45) is 0 Å². The molecular formula is C14H9BrO2. The van der Waals surface area contributed by atoms with Gasteiger partial charge in [-0.1, -0.05) is 52.3 Å². The van der Waals surface area contributed by atoms with E-state index in [2.05, 4.69) is 15.9 Å². The summed E-state index contributed by atoms with van der Waals surface area (Å²) < 4.78 is 0. The standard InChI is InChI=1S/C14H9BrO2/c15-13-10-5-2-1-4-8(10)9-6-3-7-11(12(9)13)14(16)17/h1-7,13H,(H,16,17). The SMILES string of the molecule is O=C(O)c1cccc2c1C(Br)c1ccccc1-2. The highest BCUT2D eigenvalue weighted by atomic mass is 79.9. The third-order valence-corrected chi connectivity index (χ3v) is 4.07. The average Bonchev–Trinajstić information content (AvgIpc) is 2.64. The van der Waals surface area contributed by atoms with Crippen molar-refractivity contribution in [3.8, 4) is 11.1 Å². The fourth-order valence-corrected chi connectivity index (χ4v) is 3.27. The summed E-state index contributed by atoms with van der Waals surface area (Å²) in [6.45, 7) is 0. The van der Waals surface area contributed by atoms with Crippen molar-refractivity contribution >= 4 is 21.9 Å². The molecule has 0 saturated heterocycles. The Morgan fingerprint density at radius 2 is 1.76 bits per heavy atom. The van der Waals surface area contributed by atoms with Gasteiger partial charge in [0.15, 0.2) is 0 Å². The predicted molar refractivity (Wildman–Crippen MR) is 69.6 cm³/mol. The average molecular weight is 289 g/mol. The molecule has 1 atom stereocenters. The highest BCUT2D eigenvalue weighted by molar-refractivity contribution is 9.09. The number of aromatic carboxylic acids is 1. The third-order valence-electron chi connectivity index (χ3n) is 3.11. The topological polar surface area (TPSA) is 37.3 Å². The summed E-state index contributed by atoms with van der Waals surface area (Å²) >= 11 is 3.59. The van der Waals surface area contributed by atoms with E-state index in [9.17, 15) is 9.90 Å². The molecule has 1 N–H and O–H groups in total. The highest BCUT2D eigenvalue weighted by Crippen LogP contribution is 2.49. The first kappa shape index (κ1) is 10.5. The molecule has 0 fully saturated rings. The zero-order valence-corrected chi connectivity index (χ0v) is 10.4. The molecule has 0 aliphatic heterocycles. The first-order valence-corrected chi connectivity index (χ1v) is 6.21. The van der Waals surface area contributed by atoms with Gasteiger partial charge >= 0.3 is 5.97 Å². The molecule has 0 saturated carbocycles. The molecule has 3 heteroatoms. The van der Waals surface area contributed by atoms with Crippen LogP contribution in [0.2, 0.25) is 0 Å². The second-order valence-electron chi connectivity index (χ2n) is 4.02. The summed E-state index contributed by atoms with van der Waals surface area (Å²) in [5.41, 5.74) is 4.51. The molecule has 0 aromatic heterocycles. The molecule has 0 amide bonds. The number of fused-ring (bicyclic) bond motifs is 3. The van der Waals surface area contributed by atoms with Crippen LogP contribution < -0.4 is 0 Å². The molecule has 0 bridgehead atoms. The molecule has 2 aromatic carbocycles. The van der Waals surface area contributed by atoms with Crippen molar-refractivity contribution in [2.45, 2.75) is 4.83 Å². The van der Waals surface area contributed by atoms with Crippen molar-refractivity contribution in [2.75, 3.05) is 0 Å². The number of alkyl halides is 1. The Hall–Kier alpha value is -1.61. The molecule has 1 aliphatic carbocycles. The second kappa shape index (κ2) is 3.70. The van der Waals surface area contributed by atoms with Gasteiger partial charge in [0.05, 0.1) is 10.4 Å². The molecule has 0 radical (unpaired) electrons. The lowest BCUT2D eigenvalue weighted by atomic mass is 10.0. The summed E-state index contributed by atoms with van der Waals surface area (Å²) in [4.78, 5) is 11.2. The van der Waals surface area contributed by atoms with Gasteiger partial charge in [-0.05, 0) is 28.3 Å². The predicted octanol–water partition coefficient (Wildman–Crippen LogP) is 3.85. The smallest absolute Gasteiger partial charge is 0.336 e. The van der Waals surface area contributed by atoms with Crippen LogP contribution >= 0.6 is 15.9 Å². The monoisotopic (exact) mass is 288 g/mol. The van der Waals surface area contributed by atoms with Crippen molar-refractivity contribution in [3.05, 3.63) is 59.2 Å². The van der Waals surface area contributed by atoms with E-state index in [1.165, 1.54) is 0 Å². The Labute approximate surface area is 107 Å². The van der Waals surface area contributed by atoms with E-state index >= 15 is 0 Å². The van der Waals surface area contributed by atoms with Gasteiger partial charge < -0.3 is 5.11 Å². The largest absolute Gasteiger partial charge is 0.478 e. The number of benzene rings is 2. The normalized spacial score (nSPS) is 16.4. The summed E-state index contributed by atoms with van der Waals surface area (Å²) in [5.74, 6) is -0.876. The third kappa shape index (κ3) is 1.42. The molecule has 0 heterocycles. The lowest BCUT2D eigenvalue weighted by Gasteiger charge is -2.07. The molecule has 2 nitrogen and oxygen atoms in total. The number of halogens is 1. The minimum atomic E-state index is -0.876. The van der Waals surface area contributed by atoms with Crippen LogP contribution in [0.15, 0.2) is 42.5 Å². The van der Waals surface area contributed by atoms with Crippen molar-refractivity contribution in [1.82, 2.24) is 0 Å². The lowest BCUT2D eigenvalue weighted by Crippen LogP contribution is -2.02.